The molecule has 0 atom stereocenters. The molecule has 0 aliphatic carbocycles. The van der Waals surface area contributed by atoms with E-state index in [1.54, 1.807) is 7.11 Å². The van der Waals surface area contributed by atoms with Crippen LogP contribution in [0.1, 0.15) is 24.0 Å². The van der Waals surface area contributed by atoms with Crippen molar-refractivity contribution in [3.05, 3.63) is 60.1 Å². The van der Waals surface area contributed by atoms with E-state index < -0.39 is 0 Å². The van der Waals surface area contributed by atoms with Crippen LogP contribution < -0.4 is 20.1 Å². The Morgan fingerprint density at radius 2 is 1.88 bits per heavy atom. The fourth-order valence-electron chi connectivity index (χ4n) is 4.73. The molecule has 32 heavy (non-hydrogen) atoms. The fourth-order valence-corrected chi connectivity index (χ4v) is 4.73. The first-order chi connectivity index (χ1) is 15.6. The number of rotatable bonds is 5. The number of hydrogen-bond donors (Lipinski definition) is 1. The van der Waals surface area contributed by atoms with Crippen molar-refractivity contribution in [2.45, 2.75) is 19.4 Å². The van der Waals surface area contributed by atoms with Crippen molar-refractivity contribution in [3.63, 3.8) is 0 Å². The lowest BCUT2D eigenvalue weighted by Gasteiger charge is -2.29. The number of likely N-dealkylation sites (tertiary alicyclic amines) is 1. The van der Waals surface area contributed by atoms with Gasteiger partial charge in [-0.15, -0.1) is 0 Å². The van der Waals surface area contributed by atoms with Crippen LogP contribution in [0.2, 0.25) is 0 Å². The first kappa shape index (κ1) is 20.6. The lowest BCUT2D eigenvalue weighted by molar-refractivity contribution is 0.157. The van der Waals surface area contributed by atoms with E-state index >= 15 is 0 Å². The highest BCUT2D eigenvalue weighted by Crippen LogP contribution is 2.42. The van der Waals surface area contributed by atoms with Crippen molar-refractivity contribution in [3.8, 4) is 11.5 Å². The Morgan fingerprint density at radius 3 is 2.62 bits per heavy atom. The van der Waals surface area contributed by atoms with Crippen LogP contribution in [0.25, 0.3) is 16.8 Å². The van der Waals surface area contributed by atoms with Gasteiger partial charge in [0, 0.05) is 52.8 Å². The highest BCUT2D eigenvalue weighted by Gasteiger charge is 2.21. The molecule has 3 aromatic rings. The maximum Gasteiger partial charge on any atom is 0.168 e. The van der Waals surface area contributed by atoms with Gasteiger partial charge in [0.2, 0.25) is 0 Å². The van der Waals surface area contributed by atoms with Crippen LogP contribution in [0.3, 0.4) is 0 Å². The van der Waals surface area contributed by atoms with Gasteiger partial charge in [-0.2, -0.15) is 0 Å². The number of piperidine rings is 1. The molecule has 1 saturated heterocycles. The molecule has 2 aliphatic rings. The molecule has 0 bridgehead atoms. The molecule has 0 saturated carbocycles. The van der Waals surface area contributed by atoms with E-state index in [4.69, 9.17) is 15.2 Å². The van der Waals surface area contributed by atoms with Gasteiger partial charge in [-0.25, -0.2) is 0 Å². The summed E-state index contributed by atoms with van der Waals surface area (Å²) in [6.07, 6.45) is 10.1. The number of benzene rings is 2. The van der Waals surface area contributed by atoms with Crippen molar-refractivity contribution in [1.82, 2.24) is 9.88 Å². The Morgan fingerprint density at radius 1 is 1.09 bits per heavy atom. The van der Waals surface area contributed by atoms with Crippen molar-refractivity contribution in [1.29, 1.82) is 0 Å². The molecule has 3 heterocycles. The SMILES string of the molecule is COc1c(OCC2CCN(C)CC2)ccc2c(N)c3c(cc12)CN(c1ccncc1)C=C3. The van der Waals surface area contributed by atoms with Crippen molar-refractivity contribution in [2.24, 2.45) is 5.92 Å². The molecule has 0 unspecified atom stereocenters. The zero-order valence-corrected chi connectivity index (χ0v) is 18.8. The lowest BCUT2D eigenvalue weighted by atomic mass is 9.95. The number of nitrogens with zero attached hydrogens (tertiary/aromatic N) is 3. The van der Waals surface area contributed by atoms with Gasteiger partial charge in [-0.3, -0.25) is 4.98 Å². The number of nitrogens with two attached hydrogens (primary N) is 1. The summed E-state index contributed by atoms with van der Waals surface area (Å²) in [6, 6.07) is 10.3. The molecular formula is C26H30N4O2. The Bertz CT molecular complexity index is 1140. The minimum Gasteiger partial charge on any atom is -0.492 e. The van der Waals surface area contributed by atoms with Gasteiger partial charge in [0.05, 0.1) is 13.7 Å². The standard InChI is InChI=1S/C26H30N4O2/c1-29-12-7-18(8-13-29)17-32-24-4-3-22-23(26(24)31-2)15-19-16-30(14-9-21(19)25(22)27)20-5-10-28-11-6-20/h3-6,9-11,14-15,18H,7-8,12-13,16-17,27H2,1-2H3. The van der Waals surface area contributed by atoms with Crippen LogP contribution in [-0.2, 0) is 6.54 Å². The van der Waals surface area contributed by atoms with E-state index in [0.29, 0.717) is 12.5 Å². The summed E-state index contributed by atoms with van der Waals surface area (Å²) < 4.78 is 12.1. The second-order valence-electron chi connectivity index (χ2n) is 8.76. The van der Waals surface area contributed by atoms with Gasteiger partial charge in [-0.1, -0.05) is 0 Å². The molecule has 6 nitrogen and oxygen atoms in total. The molecule has 0 radical (unpaired) electrons. The zero-order valence-electron chi connectivity index (χ0n) is 18.8. The summed E-state index contributed by atoms with van der Waals surface area (Å²) in [5.74, 6) is 2.13. The minimum atomic E-state index is 0.583. The maximum atomic E-state index is 6.62. The summed E-state index contributed by atoms with van der Waals surface area (Å²) in [4.78, 5) is 8.70. The molecule has 166 valence electrons. The molecule has 2 aliphatic heterocycles. The predicted octanol–water partition coefficient (Wildman–Crippen LogP) is 4.54. The van der Waals surface area contributed by atoms with E-state index in [-0.39, 0.29) is 0 Å². The first-order valence-corrected chi connectivity index (χ1v) is 11.2. The Kier molecular flexibility index (Phi) is 5.62. The molecule has 1 aromatic heterocycles. The number of aromatic nitrogens is 1. The van der Waals surface area contributed by atoms with Gasteiger partial charge in [-0.05, 0) is 80.9 Å². The third kappa shape index (κ3) is 3.86. The van der Waals surface area contributed by atoms with E-state index in [2.05, 4.69) is 46.2 Å². The summed E-state index contributed by atoms with van der Waals surface area (Å²) in [7, 11) is 3.88. The number of ether oxygens (including phenoxy) is 2. The smallest absolute Gasteiger partial charge is 0.168 e. The van der Waals surface area contributed by atoms with Crippen LogP contribution in [0.5, 0.6) is 11.5 Å². The molecule has 0 amide bonds. The highest BCUT2D eigenvalue weighted by atomic mass is 16.5. The van der Waals surface area contributed by atoms with Gasteiger partial charge in [0.15, 0.2) is 11.5 Å². The average Bonchev–Trinajstić information content (AvgIpc) is 2.83. The zero-order chi connectivity index (χ0) is 22.1. The maximum absolute atomic E-state index is 6.62. The second-order valence-corrected chi connectivity index (χ2v) is 8.76. The number of nitrogen functional groups attached to an aromatic ring is 1. The molecule has 0 spiro atoms. The molecule has 2 aromatic carbocycles. The summed E-state index contributed by atoms with van der Waals surface area (Å²) in [5, 5.41) is 1.99. The van der Waals surface area contributed by atoms with Crippen LogP contribution in [0.4, 0.5) is 11.4 Å². The van der Waals surface area contributed by atoms with Crippen LogP contribution in [0.15, 0.2) is 48.9 Å². The second kappa shape index (κ2) is 8.71. The third-order valence-electron chi connectivity index (χ3n) is 6.68. The van der Waals surface area contributed by atoms with Crippen molar-refractivity contribution < 1.29 is 9.47 Å². The topological polar surface area (TPSA) is 63.9 Å². The Labute approximate surface area is 189 Å². The highest BCUT2D eigenvalue weighted by molar-refractivity contribution is 6.03. The van der Waals surface area contributed by atoms with Crippen LogP contribution in [-0.4, -0.2) is 43.7 Å². The van der Waals surface area contributed by atoms with Crippen LogP contribution in [0, 0.1) is 5.92 Å². The van der Waals surface area contributed by atoms with Crippen LogP contribution >= 0.6 is 0 Å². The number of anilines is 2. The Hall–Kier alpha value is -3.25. The fraction of sp³-hybridized carbons (Fsp3) is 0.346. The summed E-state index contributed by atoms with van der Waals surface area (Å²) in [5.41, 5.74) is 10.7. The van der Waals surface area contributed by atoms with Crippen molar-refractivity contribution >= 4 is 28.2 Å². The number of methoxy groups -OCH3 is 1. The number of fused-ring (bicyclic) bond motifs is 2. The van der Waals surface area contributed by atoms with Gasteiger partial charge >= 0.3 is 0 Å². The molecule has 6 heteroatoms. The molecular weight excluding hydrogens is 400 g/mol. The van der Waals surface area contributed by atoms with Gasteiger partial charge in [0.1, 0.15) is 0 Å². The molecule has 2 N–H and O–H groups in total. The van der Waals surface area contributed by atoms with E-state index in [9.17, 15) is 0 Å². The van der Waals surface area contributed by atoms with Gasteiger partial charge < -0.3 is 25.0 Å². The van der Waals surface area contributed by atoms with Crippen molar-refractivity contribution in [2.75, 3.05) is 44.5 Å². The Balaban J connectivity index is 1.46. The minimum absolute atomic E-state index is 0.583. The molecule has 1 fully saturated rings. The van der Waals surface area contributed by atoms with E-state index in [1.165, 1.54) is 18.4 Å². The van der Waals surface area contributed by atoms with E-state index in [0.717, 1.165) is 58.8 Å². The monoisotopic (exact) mass is 430 g/mol. The number of hydrogen-bond acceptors (Lipinski definition) is 6. The summed E-state index contributed by atoms with van der Waals surface area (Å²) in [6.45, 7) is 3.72. The predicted molar refractivity (Wildman–Crippen MR) is 130 cm³/mol. The largest absolute Gasteiger partial charge is 0.492 e. The molecule has 5 rings (SSSR count). The first-order valence-electron chi connectivity index (χ1n) is 11.2. The summed E-state index contributed by atoms with van der Waals surface area (Å²) >= 11 is 0. The lowest BCUT2D eigenvalue weighted by Crippen LogP contribution is -2.32. The quantitative estimate of drug-likeness (QED) is 0.600. The third-order valence-corrected chi connectivity index (χ3v) is 6.68. The average molecular weight is 431 g/mol. The normalized spacial score (nSPS) is 16.9. The number of pyridine rings is 1. The van der Waals surface area contributed by atoms with E-state index in [1.807, 2.05) is 30.6 Å². The van der Waals surface area contributed by atoms with Gasteiger partial charge in [0.25, 0.3) is 0 Å².